The van der Waals surface area contributed by atoms with Crippen LogP contribution in [0.15, 0.2) is 24.3 Å². The van der Waals surface area contributed by atoms with Gasteiger partial charge in [0.15, 0.2) is 0 Å². The third-order valence-electron chi connectivity index (χ3n) is 3.19. The van der Waals surface area contributed by atoms with Gasteiger partial charge < -0.3 is 5.32 Å². The second-order valence-corrected chi connectivity index (χ2v) is 4.82. The monoisotopic (exact) mass is 235 g/mol. The van der Waals surface area contributed by atoms with Crippen LogP contribution in [-0.4, -0.2) is 13.1 Å². The molecule has 0 radical (unpaired) electrons. The molecule has 16 heavy (non-hydrogen) atoms. The van der Waals surface area contributed by atoms with E-state index in [1.54, 1.807) is 0 Å². The molecule has 0 spiro atoms. The minimum Gasteiger partial charge on any atom is -0.317 e. The molecule has 0 aromatic heterocycles. The summed E-state index contributed by atoms with van der Waals surface area (Å²) in [7, 11) is 0. The number of benzene rings is 1. The molecule has 0 atom stereocenters. The molecule has 0 bridgehead atoms. The molecule has 1 aromatic rings. The van der Waals surface area contributed by atoms with Crippen LogP contribution in [0.25, 0.3) is 6.08 Å². The van der Waals surface area contributed by atoms with Gasteiger partial charge in [0.2, 0.25) is 0 Å². The van der Waals surface area contributed by atoms with E-state index in [1.807, 2.05) is 12.1 Å². The van der Waals surface area contributed by atoms with E-state index in [2.05, 4.69) is 30.5 Å². The lowest BCUT2D eigenvalue weighted by atomic mass is 9.96. The summed E-state index contributed by atoms with van der Waals surface area (Å²) in [6.45, 7) is 4.38. The van der Waals surface area contributed by atoms with Crippen LogP contribution in [0, 0.1) is 12.8 Å². The number of allylic oxidation sites excluding steroid dienone is 1. The largest absolute Gasteiger partial charge is 0.317 e. The van der Waals surface area contributed by atoms with E-state index >= 15 is 0 Å². The van der Waals surface area contributed by atoms with Gasteiger partial charge in [-0.25, -0.2) is 0 Å². The Morgan fingerprint density at radius 2 is 2.06 bits per heavy atom. The van der Waals surface area contributed by atoms with Gasteiger partial charge in [-0.2, -0.15) is 0 Å². The van der Waals surface area contributed by atoms with Gasteiger partial charge in [-0.05, 0) is 56.0 Å². The zero-order valence-corrected chi connectivity index (χ0v) is 10.4. The number of hydrogen-bond acceptors (Lipinski definition) is 1. The molecular weight excluding hydrogens is 218 g/mol. The van der Waals surface area contributed by atoms with Gasteiger partial charge in [0, 0.05) is 5.02 Å². The van der Waals surface area contributed by atoms with Crippen LogP contribution in [0.5, 0.6) is 0 Å². The number of hydrogen-bond donors (Lipinski definition) is 1. The molecule has 0 saturated carbocycles. The van der Waals surface area contributed by atoms with Crippen LogP contribution in [0.1, 0.15) is 24.0 Å². The molecule has 1 saturated heterocycles. The summed E-state index contributed by atoms with van der Waals surface area (Å²) in [5.41, 5.74) is 2.42. The molecule has 0 amide bonds. The van der Waals surface area contributed by atoms with Crippen molar-refractivity contribution < 1.29 is 0 Å². The van der Waals surface area contributed by atoms with E-state index in [9.17, 15) is 0 Å². The van der Waals surface area contributed by atoms with Crippen molar-refractivity contribution >= 4 is 17.7 Å². The number of aryl methyl sites for hydroxylation is 1. The molecular formula is C14H18ClN. The van der Waals surface area contributed by atoms with E-state index in [0.717, 1.165) is 18.1 Å². The predicted molar refractivity (Wildman–Crippen MR) is 70.8 cm³/mol. The molecule has 1 fully saturated rings. The first-order valence-electron chi connectivity index (χ1n) is 5.91. The van der Waals surface area contributed by atoms with Crippen LogP contribution >= 0.6 is 11.6 Å². The molecule has 86 valence electrons. The fraction of sp³-hybridized carbons (Fsp3) is 0.429. The first-order chi connectivity index (χ1) is 7.77. The van der Waals surface area contributed by atoms with Crippen molar-refractivity contribution in [3.05, 3.63) is 40.4 Å². The number of halogens is 1. The summed E-state index contributed by atoms with van der Waals surface area (Å²) in [4.78, 5) is 0. The van der Waals surface area contributed by atoms with Gasteiger partial charge in [0.05, 0.1) is 0 Å². The van der Waals surface area contributed by atoms with Crippen LogP contribution in [0.3, 0.4) is 0 Å². The molecule has 0 unspecified atom stereocenters. The van der Waals surface area contributed by atoms with Gasteiger partial charge in [0.1, 0.15) is 0 Å². The molecule has 1 N–H and O–H groups in total. The molecule has 1 nitrogen and oxygen atoms in total. The van der Waals surface area contributed by atoms with E-state index in [4.69, 9.17) is 11.6 Å². The van der Waals surface area contributed by atoms with Gasteiger partial charge in [-0.15, -0.1) is 0 Å². The lowest BCUT2D eigenvalue weighted by Crippen LogP contribution is -2.26. The third kappa shape index (κ3) is 2.87. The van der Waals surface area contributed by atoms with Gasteiger partial charge in [-0.1, -0.05) is 35.9 Å². The Bertz CT molecular complexity index is 358. The number of piperidine rings is 1. The summed E-state index contributed by atoms with van der Waals surface area (Å²) in [6, 6.07) is 6.06. The fourth-order valence-corrected chi connectivity index (χ4v) is 2.41. The SMILES string of the molecule is Cc1cccc(Cl)c1/C=C/C1CCNCC1. The summed E-state index contributed by atoms with van der Waals surface area (Å²) in [5, 5.41) is 4.23. The fourth-order valence-electron chi connectivity index (χ4n) is 2.12. The van der Waals surface area contributed by atoms with Crippen LogP contribution in [-0.2, 0) is 0 Å². The smallest absolute Gasteiger partial charge is 0.0480 e. The average molecular weight is 236 g/mol. The third-order valence-corrected chi connectivity index (χ3v) is 3.52. The summed E-state index contributed by atoms with van der Waals surface area (Å²) < 4.78 is 0. The highest BCUT2D eigenvalue weighted by Crippen LogP contribution is 2.23. The van der Waals surface area contributed by atoms with Crippen molar-refractivity contribution in [1.82, 2.24) is 5.32 Å². The molecule has 1 aromatic carbocycles. The van der Waals surface area contributed by atoms with E-state index in [0.29, 0.717) is 5.92 Å². The molecule has 1 heterocycles. The Hall–Kier alpha value is -0.790. The van der Waals surface area contributed by atoms with Crippen molar-refractivity contribution in [3.8, 4) is 0 Å². The first kappa shape index (κ1) is 11.7. The number of rotatable bonds is 2. The van der Waals surface area contributed by atoms with Crippen molar-refractivity contribution in [3.63, 3.8) is 0 Å². The van der Waals surface area contributed by atoms with Crippen molar-refractivity contribution in [2.24, 2.45) is 5.92 Å². The highest BCUT2D eigenvalue weighted by Gasteiger charge is 2.09. The molecule has 2 rings (SSSR count). The topological polar surface area (TPSA) is 12.0 Å². The second kappa shape index (κ2) is 5.51. The normalized spacial score (nSPS) is 18.1. The van der Waals surface area contributed by atoms with Crippen LogP contribution < -0.4 is 5.32 Å². The minimum absolute atomic E-state index is 0.705. The summed E-state index contributed by atoms with van der Waals surface area (Å²) >= 11 is 6.18. The molecule has 2 heteroatoms. The first-order valence-corrected chi connectivity index (χ1v) is 6.29. The Morgan fingerprint density at radius 1 is 1.31 bits per heavy atom. The van der Waals surface area contributed by atoms with Gasteiger partial charge >= 0.3 is 0 Å². The average Bonchev–Trinajstić information content (AvgIpc) is 2.30. The minimum atomic E-state index is 0.705. The van der Waals surface area contributed by atoms with Gasteiger partial charge in [-0.3, -0.25) is 0 Å². The lowest BCUT2D eigenvalue weighted by Gasteiger charge is -2.19. The number of nitrogens with one attached hydrogen (secondary N) is 1. The maximum absolute atomic E-state index is 6.18. The molecule has 1 aliphatic heterocycles. The predicted octanol–water partition coefficient (Wildman–Crippen LogP) is 3.66. The highest BCUT2D eigenvalue weighted by atomic mass is 35.5. The van der Waals surface area contributed by atoms with Crippen molar-refractivity contribution in [2.45, 2.75) is 19.8 Å². The standard InChI is InChI=1S/C14H18ClN/c1-11-3-2-4-14(15)13(11)6-5-12-7-9-16-10-8-12/h2-6,12,16H,7-10H2,1H3/b6-5+. The van der Waals surface area contributed by atoms with E-state index in [1.165, 1.54) is 24.0 Å². The van der Waals surface area contributed by atoms with E-state index < -0.39 is 0 Å². The van der Waals surface area contributed by atoms with Crippen molar-refractivity contribution in [2.75, 3.05) is 13.1 Å². The maximum atomic E-state index is 6.18. The molecule has 0 aliphatic carbocycles. The van der Waals surface area contributed by atoms with E-state index in [-0.39, 0.29) is 0 Å². The zero-order chi connectivity index (χ0) is 11.4. The Labute approximate surface area is 103 Å². The summed E-state index contributed by atoms with van der Waals surface area (Å²) in [5.74, 6) is 0.705. The Balaban J connectivity index is 2.10. The Morgan fingerprint density at radius 3 is 2.75 bits per heavy atom. The van der Waals surface area contributed by atoms with Crippen molar-refractivity contribution in [1.29, 1.82) is 0 Å². The Kier molecular flexibility index (Phi) is 4.03. The van der Waals surface area contributed by atoms with Crippen LogP contribution in [0.2, 0.25) is 5.02 Å². The van der Waals surface area contributed by atoms with Gasteiger partial charge in [0.25, 0.3) is 0 Å². The quantitative estimate of drug-likeness (QED) is 0.825. The summed E-state index contributed by atoms with van der Waals surface area (Å²) in [6.07, 6.45) is 6.97. The zero-order valence-electron chi connectivity index (χ0n) is 9.67. The van der Waals surface area contributed by atoms with Crippen LogP contribution in [0.4, 0.5) is 0 Å². The highest BCUT2D eigenvalue weighted by molar-refractivity contribution is 6.32. The lowest BCUT2D eigenvalue weighted by molar-refractivity contribution is 0.438. The second-order valence-electron chi connectivity index (χ2n) is 4.42. The maximum Gasteiger partial charge on any atom is 0.0480 e. The molecule has 1 aliphatic rings.